The second kappa shape index (κ2) is 7.50. The van der Waals surface area contributed by atoms with Crippen molar-refractivity contribution in [3.8, 4) is 0 Å². The molecule has 0 aliphatic rings. The van der Waals surface area contributed by atoms with Gasteiger partial charge in [-0.2, -0.15) is 0 Å². The smallest absolute Gasteiger partial charge is 0.254 e. The van der Waals surface area contributed by atoms with Crippen LogP contribution < -0.4 is 10.6 Å². The molecule has 0 bridgehead atoms. The van der Waals surface area contributed by atoms with Crippen LogP contribution in [0.25, 0.3) is 0 Å². The first kappa shape index (κ1) is 17.3. The minimum atomic E-state index is -0.877. The second-order valence-electron chi connectivity index (χ2n) is 5.30. The van der Waals surface area contributed by atoms with Crippen molar-refractivity contribution in [1.29, 1.82) is 0 Å². The molecule has 0 saturated carbocycles. The molecular weight excluding hydrogens is 311 g/mol. The van der Waals surface area contributed by atoms with E-state index in [1.165, 1.54) is 38.1 Å². The number of nitrogens with one attached hydrogen (secondary N) is 2. The Morgan fingerprint density at radius 1 is 1.04 bits per heavy atom. The molecule has 1 atom stereocenters. The molecule has 0 aliphatic heterocycles. The van der Waals surface area contributed by atoms with Crippen LogP contribution in [0.5, 0.6) is 0 Å². The van der Waals surface area contributed by atoms with Gasteiger partial charge < -0.3 is 10.6 Å². The average molecular weight is 328 g/mol. The average Bonchev–Trinajstić information content (AvgIpc) is 2.55. The lowest BCUT2D eigenvalue weighted by Gasteiger charge is -2.14. The van der Waals surface area contributed by atoms with Crippen LogP contribution in [0, 0.1) is 5.82 Å². The molecule has 0 radical (unpaired) electrons. The number of hydrogen-bond acceptors (Lipinski definition) is 3. The van der Waals surface area contributed by atoms with Crippen LogP contribution in [0.4, 0.5) is 10.1 Å². The van der Waals surface area contributed by atoms with Crippen LogP contribution in [-0.4, -0.2) is 23.6 Å². The van der Waals surface area contributed by atoms with Gasteiger partial charge in [-0.05, 0) is 38.1 Å². The molecule has 0 heterocycles. The number of benzene rings is 2. The Morgan fingerprint density at radius 2 is 1.75 bits per heavy atom. The van der Waals surface area contributed by atoms with Gasteiger partial charge in [-0.3, -0.25) is 14.4 Å². The van der Waals surface area contributed by atoms with Crippen molar-refractivity contribution in [2.75, 3.05) is 5.32 Å². The summed E-state index contributed by atoms with van der Waals surface area (Å²) in [6, 6.07) is 11.1. The molecule has 124 valence electrons. The van der Waals surface area contributed by atoms with E-state index in [0.717, 1.165) is 0 Å². The minimum absolute atomic E-state index is 0.119. The van der Waals surface area contributed by atoms with E-state index in [1.54, 1.807) is 24.3 Å². The predicted molar refractivity (Wildman–Crippen MR) is 88.4 cm³/mol. The largest absolute Gasteiger partial charge is 0.340 e. The fourth-order valence-corrected chi connectivity index (χ4v) is 2.05. The molecule has 2 aromatic carbocycles. The van der Waals surface area contributed by atoms with Crippen LogP contribution in [0.3, 0.4) is 0 Å². The Hall–Kier alpha value is -3.02. The molecule has 0 spiro atoms. The van der Waals surface area contributed by atoms with E-state index < -0.39 is 23.7 Å². The van der Waals surface area contributed by atoms with Crippen molar-refractivity contribution in [2.24, 2.45) is 0 Å². The minimum Gasteiger partial charge on any atom is -0.340 e. The van der Waals surface area contributed by atoms with Gasteiger partial charge in [0.05, 0.1) is 5.56 Å². The Balaban J connectivity index is 2.02. The zero-order chi connectivity index (χ0) is 17.7. The lowest BCUT2D eigenvalue weighted by molar-refractivity contribution is -0.117. The quantitative estimate of drug-likeness (QED) is 0.829. The first-order chi connectivity index (χ1) is 11.4. The molecule has 0 fully saturated rings. The number of halogens is 1. The van der Waals surface area contributed by atoms with Crippen molar-refractivity contribution >= 4 is 23.3 Å². The maximum absolute atomic E-state index is 13.6. The van der Waals surface area contributed by atoms with E-state index >= 15 is 0 Å². The fourth-order valence-electron chi connectivity index (χ4n) is 2.05. The Kier molecular flexibility index (Phi) is 5.42. The molecule has 24 heavy (non-hydrogen) atoms. The van der Waals surface area contributed by atoms with Gasteiger partial charge in [-0.25, -0.2) is 4.39 Å². The molecule has 2 aromatic rings. The van der Waals surface area contributed by atoms with Crippen molar-refractivity contribution in [3.05, 3.63) is 65.5 Å². The molecule has 2 N–H and O–H groups in total. The van der Waals surface area contributed by atoms with Crippen molar-refractivity contribution in [2.45, 2.75) is 19.9 Å². The summed E-state index contributed by atoms with van der Waals surface area (Å²) in [4.78, 5) is 35.5. The summed E-state index contributed by atoms with van der Waals surface area (Å²) in [6.07, 6.45) is 0. The standard InChI is InChI=1S/C18H17FN2O3/c1-11(20-18(24)15-8-3-4-9-16(15)19)17(23)21-14-7-5-6-13(10-14)12(2)22/h3-11H,1-2H3,(H,20,24)(H,21,23)/t11-/m1/s1. The van der Waals surface area contributed by atoms with Crippen molar-refractivity contribution < 1.29 is 18.8 Å². The van der Waals surface area contributed by atoms with Crippen LogP contribution in [-0.2, 0) is 4.79 Å². The lowest BCUT2D eigenvalue weighted by Crippen LogP contribution is -2.41. The van der Waals surface area contributed by atoms with E-state index in [9.17, 15) is 18.8 Å². The first-order valence-electron chi connectivity index (χ1n) is 7.35. The monoisotopic (exact) mass is 328 g/mol. The first-order valence-corrected chi connectivity index (χ1v) is 7.35. The second-order valence-corrected chi connectivity index (χ2v) is 5.30. The van der Waals surface area contributed by atoms with Gasteiger partial charge in [0, 0.05) is 11.3 Å². The van der Waals surface area contributed by atoms with Crippen LogP contribution >= 0.6 is 0 Å². The van der Waals surface area contributed by atoms with Gasteiger partial charge in [0.2, 0.25) is 5.91 Å². The van der Waals surface area contributed by atoms with Crippen molar-refractivity contribution in [3.63, 3.8) is 0 Å². The van der Waals surface area contributed by atoms with Gasteiger partial charge >= 0.3 is 0 Å². The summed E-state index contributed by atoms with van der Waals surface area (Å²) >= 11 is 0. The van der Waals surface area contributed by atoms with E-state index in [0.29, 0.717) is 11.3 Å². The predicted octanol–water partition coefficient (Wildman–Crippen LogP) is 2.79. The highest BCUT2D eigenvalue weighted by Crippen LogP contribution is 2.12. The van der Waals surface area contributed by atoms with E-state index in [-0.39, 0.29) is 11.3 Å². The summed E-state index contributed by atoms with van der Waals surface area (Å²) in [5.74, 6) is -1.92. The Bertz CT molecular complexity index is 789. The fraction of sp³-hybridized carbons (Fsp3) is 0.167. The summed E-state index contributed by atoms with van der Waals surface area (Å²) in [7, 11) is 0. The third kappa shape index (κ3) is 4.25. The highest BCUT2D eigenvalue weighted by atomic mass is 19.1. The summed E-state index contributed by atoms with van der Waals surface area (Å²) < 4.78 is 13.6. The van der Waals surface area contributed by atoms with E-state index in [1.807, 2.05) is 0 Å². The van der Waals surface area contributed by atoms with Gasteiger partial charge in [-0.15, -0.1) is 0 Å². The van der Waals surface area contributed by atoms with E-state index in [4.69, 9.17) is 0 Å². The van der Waals surface area contributed by atoms with Gasteiger partial charge in [0.15, 0.2) is 5.78 Å². The highest BCUT2D eigenvalue weighted by Gasteiger charge is 2.18. The topological polar surface area (TPSA) is 75.3 Å². The molecule has 2 rings (SSSR count). The number of amides is 2. The zero-order valence-corrected chi connectivity index (χ0v) is 13.3. The molecule has 5 nitrogen and oxygen atoms in total. The van der Waals surface area contributed by atoms with Crippen LogP contribution in [0.15, 0.2) is 48.5 Å². The molecule has 0 unspecified atom stereocenters. The lowest BCUT2D eigenvalue weighted by atomic mass is 10.1. The third-order valence-corrected chi connectivity index (χ3v) is 3.40. The number of carbonyl (C=O) groups is 3. The van der Waals surface area contributed by atoms with Gasteiger partial charge in [0.25, 0.3) is 5.91 Å². The molecule has 0 saturated heterocycles. The summed E-state index contributed by atoms with van der Waals surface area (Å²) in [5, 5.41) is 5.05. The SMILES string of the molecule is CC(=O)c1cccc(NC(=O)[C@@H](C)NC(=O)c2ccccc2F)c1. The van der Waals surface area contributed by atoms with Gasteiger partial charge in [0.1, 0.15) is 11.9 Å². The van der Waals surface area contributed by atoms with Gasteiger partial charge in [-0.1, -0.05) is 24.3 Å². The summed E-state index contributed by atoms with van der Waals surface area (Å²) in [5.41, 5.74) is 0.784. The number of ketones is 1. The van der Waals surface area contributed by atoms with Crippen LogP contribution in [0.1, 0.15) is 34.6 Å². The molecule has 6 heteroatoms. The number of hydrogen-bond donors (Lipinski definition) is 2. The Morgan fingerprint density at radius 3 is 2.42 bits per heavy atom. The molecular formula is C18H17FN2O3. The van der Waals surface area contributed by atoms with E-state index in [2.05, 4.69) is 10.6 Å². The molecule has 0 aliphatic carbocycles. The normalized spacial score (nSPS) is 11.5. The Labute approximate surface area is 138 Å². The molecule has 2 amide bonds. The van der Waals surface area contributed by atoms with Crippen molar-refractivity contribution in [1.82, 2.24) is 5.32 Å². The zero-order valence-electron chi connectivity index (χ0n) is 13.3. The number of anilines is 1. The number of carbonyl (C=O) groups excluding carboxylic acids is 3. The molecule has 0 aromatic heterocycles. The highest BCUT2D eigenvalue weighted by molar-refractivity contribution is 6.02. The number of Topliss-reactive ketones (excluding diaryl/α,β-unsaturated/α-hetero) is 1. The van der Waals surface area contributed by atoms with Crippen LogP contribution in [0.2, 0.25) is 0 Å². The maximum atomic E-state index is 13.6. The third-order valence-electron chi connectivity index (χ3n) is 3.40. The maximum Gasteiger partial charge on any atom is 0.254 e. The number of rotatable bonds is 5. The summed E-state index contributed by atoms with van der Waals surface area (Å²) in [6.45, 7) is 2.92.